The largest absolute Gasteiger partial charge is 0.386 e. The van der Waals surface area contributed by atoms with Crippen molar-refractivity contribution in [2.24, 2.45) is 0 Å². The van der Waals surface area contributed by atoms with E-state index < -0.39 is 17.3 Å². The van der Waals surface area contributed by atoms with Crippen LogP contribution in [0.2, 0.25) is 0 Å². The number of carbonyl (C=O) groups is 1. The molecule has 0 spiro atoms. The molecule has 4 rings (SSSR count). The van der Waals surface area contributed by atoms with Crippen molar-refractivity contribution < 1.29 is 13.9 Å². The molecule has 168 valence electrons. The average Bonchev–Trinajstić information content (AvgIpc) is 2.80. The van der Waals surface area contributed by atoms with Gasteiger partial charge in [-0.05, 0) is 18.2 Å². The van der Waals surface area contributed by atoms with Crippen molar-refractivity contribution in [1.29, 1.82) is 0 Å². The van der Waals surface area contributed by atoms with Gasteiger partial charge in [0.25, 0.3) is 11.5 Å². The first-order chi connectivity index (χ1) is 15.5. The predicted octanol–water partition coefficient (Wildman–Crippen LogP) is 1.50. The number of anilines is 3. The summed E-state index contributed by atoms with van der Waals surface area (Å²) in [6.45, 7) is 4.84. The third kappa shape index (κ3) is 5.01. The third-order valence-corrected chi connectivity index (χ3v) is 5.16. The summed E-state index contributed by atoms with van der Waals surface area (Å²) >= 11 is 0. The van der Waals surface area contributed by atoms with Crippen LogP contribution in [0.15, 0.2) is 35.4 Å². The molecule has 32 heavy (non-hydrogen) atoms. The van der Waals surface area contributed by atoms with Gasteiger partial charge in [0.1, 0.15) is 11.4 Å². The molecule has 0 atom stereocenters. The number of aromatic nitrogens is 3. The van der Waals surface area contributed by atoms with E-state index in [2.05, 4.69) is 35.8 Å². The molecule has 0 radical (unpaired) electrons. The van der Waals surface area contributed by atoms with E-state index in [1.54, 1.807) is 7.05 Å². The summed E-state index contributed by atoms with van der Waals surface area (Å²) in [6.07, 6.45) is 2.91. The molecule has 10 nitrogen and oxygen atoms in total. The Hall–Kier alpha value is -3.57. The Balaban J connectivity index is 1.40. The SMILES string of the molecule is CNc1cc(F)cc2cc(C(=O)Nc3cnc(NCCN4CCOCC4)nc3)c(=O)[nH]c12. The van der Waals surface area contributed by atoms with Crippen LogP contribution in [0, 0.1) is 5.82 Å². The highest BCUT2D eigenvalue weighted by atomic mass is 19.1. The van der Waals surface area contributed by atoms with Gasteiger partial charge >= 0.3 is 0 Å². The molecule has 1 aliphatic rings. The van der Waals surface area contributed by atoms with Crippen molar-refractivity contribution in [2.45, 2.75) is 0 Å². The van der Waals surface area contributed by atoms with Crippen molar-refractivity contribution >= 4 is 34.1 Å². The van der Waals surface area contributed by atoms with E-state index >= 15 is 0 Å². The number of carbonyl (C=O) groups excluding carboxylic acids is 1. The monoisotopic (exact) mass is 441 g/mol. The Morgan fingerprint density at radius 3 is 2.69 bits per heavy atom. The smallest absolute Gasteiger partial charge is 0.261 e. The summed E-state index contributed by atoms with van der Waals surface area (Å²) in [7, 11) is 1.62. The first-order valence-electron chi connectivity index (χ1n) is 10.2. The number of benzene rings is 1. The lowest BCUT2D eigenvalue weighted by Crippen LogP contribution is -2.39. The maximum Gasteiger partial charge on any atom is 0.261 e. The molecule has 11 heteroatoms. The minimum absolute atomic E-state index is 0.141. The van der Waals surface area contributed by atoms with Gasteiger partial charge in [0.2, 0.25) is 5.95 Å². The molecular weight excluding hydrogens is 417 g/mol. The number of halogens is 1. The number of H-pyrrole nitrogens is 1. The Labute approximate surface area is 183 Å². The van der Waals surface area contributed by atoms with Crippen molar-refractivity contribution in [3.05, 3.63) is 52.3 Å². The lowest BCUT2D eigenvalue weighted by molar-refractivity contribution is 0.0398. The molecule has 1 aliphatic heterocycles. The molecule has 1 aromatic carbocycles. The fourth-order valence-electron chi connectivity index (χ4n) is 3.48. The van der Waals surface area contributed by atoms with Crippen molar-refractivity contribution in [1.82, 2.24) is 19.9 Å². The van der Waals surface area contributed by atoms with Crippen LogP contribution in [0.5, 0.6) is 0 Å². The van der Waals surface area contributed by atoms with E-state index in [9.17, 15) is 14.0 Å². The van der Waals surface area contributed by atoms with E-state index in [-0.39, 0.29) is 5.56 Å². The molecule has 3 aromatic rings. The number of nitrogens with one attached hydrogen (secondary N) is 4. The van der Waals surface area contributed by atoms with Crippen LogP contribution >= 0.6 is 0 Å². The molecule has 1 amide bonds. The zero-order chi connectivity index (χ0) is 22.5. The molecule has 4 N–H and O–H groups in total. The Morgan fingerprint density at radius 2 is 1.97 bits per heavy atom. The number of rotatable bonds is 7. The molecular formula is C21H24FN7O3. The van der Waals surface area contributed by atoms with Crippen LogP contribution in [0.3, 0.4) is 0 Å². The molecule has 0 saturated carbocycles. The van der Waals surface area contributed by atoms with Gasteiger partial charge in [0.05, 0.1) is 42.5 Å². The maximum absolute atomic E-state index is 13.8. The fourth-order valence-corrected chi connectivity index (χ4v) is 3.48. The molecule has 0 bridgehead atoms. The van der Waals surface area contributed by atoms with Crippen molar-refractivity contribution in [2.75, 3.05) is 62.4 Å². The highest BCUT2D eigenvalue weighted by Gasteiger charge is 2.15. The van der Waals surface area contributed by atoms with E-state index in [4.69, 9.17) is 4.74 Å². The Kier molecular flexibility index (Phi) is 6.57. The highest BCUT2D eigenvalue weighted by molar-refractivity contribution is 6.06. The van der Waals surface area contributed by atoms with Crippen molar-refractivity contribution in [3.8, 4) is 0 Å². The fraction of sp³-hybridized carbons (Fsp3) is 0.333. The number of fused-ring (bicyclic) bond motifs is 1. The number of aromatic amines is 1. The summed E-state index contributed by atoms with van der Waals surface area (Å²) in [6, 6.07) is 3.88. The van der Waals surface area contributed by atoms with Crippen LogP contribution in [0.1, 0.15) is 10.4 Å². The third-order valence-electron chi connectivity index (χ3n) is 5.16. The average molecular weight is 441 g/mol. The van der Waals surface area contributed by atoms with E-state index in [0.717, 1.165) is 32.8 Å². The quantitative estimate of drug-likeness (QED) is 0.435. The number of pyridine rings is 1. The van der Waals surface area contributed by atoms with Gasteiger partial charge in [0.15, 0.2) is 0 Å². The standard InChI is InChI=1S/C21H24FN7O3/c1-23-17-10-14(22)8-13-9-16(20(31)28-18(13)17)19(30)27-15-11-25-21(26-12-15)24-2-3-29-4-6-32-7-5-29/h8-12,23H,2-7H2,1H3,(H,27,30)(H,28,31)(H,24,25,26). The number of morpholine rings is 1. The van der Waals surface area contributed by atoms with Gasteiger partial charge in [-0.3, -0.25) is 14.5 Å². The molecule has 1 saturated heterocycles. The highest BCUT2D eigenvalue weighted by Crippen LogP contribution is 2.22. The summed E-state index contributed by atoms with van der Waals surface area (Å²) in [5.74, 6) is -0.680. The number of nitrogens with zero attached hydrogens (tertiary/aromatic N) is 3. The second kappa shape index (κ2) is 9.71. The minimum atomic E-state index is -0.639. The zero-order valence-electron chi connectivity index (χ0n) is 17.6. The number of amides is 1. The summed E-state index contributed by atoms with van der Waals surface area (Å²) in [5.41, 5.74) is 0.460. The first-order valence-corrected chi connectivity index (χ1v) is 10.2. The lowest BCUT2D eigenvalue weighted by Gasteiger charge is -2.26. The second-order valence-electron chi connectivity index (χ2n) is 7.31. The molecule has 3 heterocycles. The molecule has 0 unspecified atom stereocenters. The maximum atomic E-state index is 13.8. The molecule has 0 aliphatic carbocycles. The van der Waals surface area contributed by atoms with Gasteiger partial charge in [-0.25, -0.2) is 14.4 Å². The molecule has 1 fully saturated rings. The molecule has 2 aromatic heterocycles. The Bertz CT molecular complexity index is 1160. The summed E-state index contributed by atoms with van der Waals surface area (Å²) in [4.78, 5) is 38.4. The van der Waals surface area contributed by atoms with E-state index in [0.29, 0.717) is 34.8 Å². The first kappa shape index (κ1) is 21.7. The van der Waals surface area contributed by atoms with Gasteiger partial charge in [-0.2, -0.15) is 0 Å². The van der Waals surface area contributed by atoms with Crippen LogP contribution in [0.25, 0.3) is 10.9 Å². The van der Waals surface area contributed by atoms with E-state index in [1.165, 1.54) is 30.6 Å². The normalized spacial score (nSPS) is 14.3. The number of hydrogen-bond acceptors (Lipinski definition) is 8. The predicted molar refractivity (Wildman–Crippen MR) is 120 cm³/mol. The Morgan fingerprint density at radius 1 is 1.22 bits per heavy atom. The van der Waals surface area contributed by atoms with Crippen LogP contribution in [0.4, 0.5) is 21.7 Å². The second-order valence-corrected chi connectivity index (χ2v) is 7.31. The van der Waals surface area contributed by atoms with Gasteiger partial charge in [-0.15, -0.1) is 0 Å². The van der Waals surface area contributed by atoms with Crippen LogP contribution in [-0.4, -0.2) is 72.2 Å². The van der Waals surface area contributed by atoms with Crippen LogP contribution in [-0.2, 0) is 4.74 Å². The number of hydrogen-bond donors (Lipinski definition) is 4. The zero-order valence-corrected chi connectivity index (χ0v) is 17.6. The van der Waals surface area contributed by atoms with Gasteiger partial charge < -0.3 is 25.7 Å². The minimum Gasteiger partial charge on any atom is -0.386 e. The van der Waals surface area contributed by atoms with Crippen LogP contribution < -0.4 is 21.5 Å². The summed E-state index contributed by atoms with van der Waals surface area (Å²) in [5, 5.41) is 8.96. The van der Waals surface area contributed by atoms with Gasteiger partial charge in [-0.1, -0.05) is 0 Å². The summed E-state index contributed by atoms with van der Waals surface area (Å²) < 4.78 is 19.2. The van der Waals surface area contributed by atoms with Crippen molar-refractivity contribution in [3.63, 3.8) is 0 Å². The topological polar surface area (TPSA) is 124 Å². The lowest BCUT2D eigenvalue weighted by atomic mass is 10.1. The van der Waals surface area contributed by atoms with E-state index in [1.807, 2.05) is 0 Å². The van der Waals surface area contributed by atoms with Gasteiger partial charge in [0, 0.05) is 38.6 Å². The number of ether oxygens (including phenoxy) is 1.